The van der Waals surface area contributed by atoms with Gasteiger partial charge in [-0.3, -0.25) is 4.79 Å². The van der Waals surface area contributed by atoms with Gasteiger partial charge in [0.25, 0.3) is 5.91 Å². The van der Waals surface area contributed by atoms with Crippen molar-refractivity contribution in [3.63, 3.8) is 0 Å². The van der Waals surface area contributed by atoms with Gasteiger partial charge in [0.2, 0.25) is 0 Å². The van der Waals surface area contributed by atoms with Gasteiger partial charge in [-0.15, -0.1) is 0 Å². The Morgan fingerprint density at radius 2 is 1.74 bits per heavy atom. The minimum absolute atomic E-state index is 0.124. The number of para-hydroxylation sites is 1. The molecule has 4 nitrogen and oxygen atoms in total. The van der Waals surface area contributed by atoms with Crippen molar-refractivity contribution in [1.29, 1.82) is 0 Å². The first-order chi connectivity index (χ1) is 11.1. The standard InChI is InChI=1S/C19H15NO3/c21-18(22)10-9-13-5-1-2-6-14(13)11-16-12-15-7-3-4-8-17(15)20-19(16)23/h1-11H,12H2,(H,20,23)(H,21,22)/b10-9+,16-11+. The van der Waals surface area contributed by atoms with Crippen LogP contribution in [-0.4, -0.2) is 17.0 Å². The maximum Gasteiger partial charge on any atom is 0.328 e. The summed E-state index contributed by atoms with van der Waals surface area (Å²) in [5, 5.41) is 11.7. The van der Waals surface area contributed by atoms with Crippen LogP contribution >= 0.6 is 0 Å². The van der Waals surface area contributed by atoms with Crippen molar-refractivity contribution in [2.75, 3.05) is 5.32 Å². The molecular weight excluding hydrogens is 290 g/mol. The van der Waals surface area contributed by atoms with Crippen LogP contribution in [0.4, 0.5) is 5.69 Å². The highest BCUT2D eigenvalue weighted by molar-refractivity contribution is 6.09. The molecular formula is C19H15NO3. The Morgan fingerprint density at radius 1 is 1.04 bits per heavy atom. The molecule has 0 bridgehead atoms. The van der Waals surface area contributed by atoms with E-state index in [1.54, 1.807) is 0 Å². The summed E-state index contributed by atoms with van der Waals surface area (Å²) < 4.78 is 0. The molecule has 0 aliphatic carbocycles. The molecule has 0 saturated heterocycles. The second-order valence-corrected chi connectivity index (χ2v) is 5.26. The van der Waals surface area contributed by atoms with Gasteiger partial charge in [-0.1, -0.05) is 42.5 Å². The fraction of sp³-hybridized carbons (Fsp3) is 0.0526. The zero-order valence-electron chi connectivity index (χ0n) is 12.3. The molecule has 114 valence electrons. The average molecular weight is 305 g/mol. The molecule has 0 aromatic heterocycles. The predicted octanol–water partition coefficient (Wildman–Crippen LogP) is 3.36. The molecule has 2 aromatic rings. The van der Waals surface area contributed by atoms with Crippen LogP contribution in [0, 0.1) is 0 Å². The van der Waals surface area contributed by atoms with E-state index >= 15 is 0 Å². The van der Waals surface area contributed by atoms with Crippen molar-refractivity contribution in [1.82, 2.24) is 0 Å². The lowest BCUT2D eigenvalue weighted by Gasteiger charge is -2.19. The molecule has 23 heavy (non-hydrogen) atoms. The monoisotopic (exact) mass is 305 g/mol. The number of benzene rings is 2. The minimum Gasteiger partial charge on any atom is -0.478 e. The fourth-order valence-electron chi connectivity index (χ4n) is 2.54. The Balaban J connectivity index is 1.96. The first-order valence-corrected chi connectivity index (χ1v) is 7.23. The van der Waals surface area contributed by atoms with Crippen LogP contribution in [-0.2, 0) is 16.0 Å². The average Bonchev–Trinajstić information content (AvgIpc) is 2.54. The number of nitrogens with one attached hydrogen (secondary N) is 1. The van der Waals surface area contributed by atoms with Crippen LogP contribution in [0.1, 0.15) is 16.7 Å². The Bertz CT molecular complexity index is 834. The highest BCUT2D eigenvalue weighted by Gasteiger charge is 2.19. The normalized spacial score (nSPS) is 15.5. The first kappa shape index (κ1) is 14.8. The number of carbonyl (C=O) groups excluding carboxylic acids is 1. The third-order valence-corrected chi connectivity index (χ3v) is 3.67. The molecule has 0 fully saturated rings. The van der Waals surface area contributed by atoms with Gasteiger partial charge in [0.15, 0.2) is 0 Å². The number of fused-ring (bicyclic) bond motifs is 1. The molecule has 2 N–H and O–H groups in total. The van der Waals surface area contributed by atoms with Crippen LogP contribution in [0.2, 0.25) is 0 Å². The number of carboxylic acids is 1. The molecule has 0 radical (unpaired) electrons. The maximum absolute atomic E-state index is 12.2. The molecule has 4 heteroatoms. The number of rotatable bonds is 3. The van der Waals surface area contributed by atoms with Gasteiger partial charge < -0.3 is 10.4 Å². The van der Waals surface area contributed by atoms with Crippen LogP contribution in [0.15, 0.2) is 60.2 Å². The molecule has 0 saturated carbocycles. The topological polar surface area (TPSA) is 66.4 Å². The van der Waals surface area contributed by atoms with E-state index in [9.17, 15) is 9.59 Å². The van der Waals surface area contributed by atoms with E-state index < -0.39 is 5.97 Å². The minimum atomic E-state index is -1.00. The lowest BCUT2D eigenvalue weighted by molar-refractivity contribution is -0.131. The predicted molar refractivity (Wildman–Crippen MR) is 89.9 cm³/mol. The van der Waals surface area contributed by atoms with E-state index in [0.29, 0.717) is 12.0 Å². The summed E-state index contributed by atoms with van der Waals surface area (Å²) >= 11 is 0. The van der Waals surface area contributed by atoms with E-state index in [4.69, 9.17) is 5.11 Å². The number of anilines is 1. The number of aliphatic carboxylic acids is 1. The SMILES string of the molecule is O=C(O)/C=C/c1ccccc1/C=C1\Cc2ccccc2NC1=O. The van der Waals surface area contributed by atoms with Crippen molar-refractivity contribution in [2.24, 2.45) is 0 Å². The van der Waals surface area contributed by atoms with Gasteiger partial charge in [-0.05, 0) is 34.9 Å². The van der Waals surface area contributed by atoms with E-state index in [1.165, 1.54) is 6.08 Å². The van der Waals surface area contributed by atoms with Gasteiger partial charge in [-0.25, -0.2) is 4.79 Å². The molecule has 2 aromatic carbocycles. The van der Waals surface area contributed by atoms with Gasteiger partial charge in [0, 0.05) is 23.8 Å². The van der Waals surface area contributed by atoms with E-state index in [1.807, 2.05) is 54.6 Å². The third-order valence-electron chi connectivity index (χ3n) is 3.67. The van der Waals surface area contributed by atoms with Gasteiger partial charge in [-0.2, -0.15) is 0 Å². The summed E-state index contributed by atoms with van der Waals surface area (Å²) in [5.41, 5.74) is 4.13. The van der Waals surface area contributed by atoms with Crippen LogP contribution in [0.5, 0.6) is 0 Å². The fourth-order valence-corrected chi connectivity index (χ4v) is 2.54. The number of hydrogen-bond acceptors (Lipinski definition) is 2. The molecule has 0 atom stereocenters. The Morgan fingerprint density at radius 3 is 2.52 bits per heavy atom. The second kappa shape index (κ2) is 6.32. The van der Waals surface area contributed by atoms with E-state index in [-0.39, 0.29) is 5.91 Å². The van der Waals surface area contributed by atoms with Crippen molar-refractivity contribution in [3.8, 4) is 0 Å². The lowest BCUT2D eigenvalue weighted by Crippen LogP contribution is -2.22. The molecule has 0 unspecified atom stereocenters. The largest absolute Gasteiger partial charge is 0.478 e. The van der Waals surface area contributed by atoms with Crippen LogP contribution in [0.3, 0.4) is 0 Å². The summed E-state index contributed by atoms with van der Waals surface area (Å²) in [6.07, 6.45) is 4.99. The molecule has 1 heterocycles. The Kier molecular flexibility index (Phi) is 4.06. The van der Waals surface area contributed by atoms with Crippen LogP contribution in [0.25, 0.3) is 12.2 Å². The molecule has 1 amide bonds. The van der Waals surface area contributed by atoms with Gasteiger partial charge in [0.1, 0.15) is 0 Å². The first-order valence-electron chi connectivity index (χ1n) is 7.23. The summed E-state index contributed by atoms with van der Waals surface area (Å²) in [6, 6.07) is 15.1. The van der Waals surface area contributed by atoms with Gasteiger partial charge >= 0.3 is 5.97 Å². The maximum atomic E-state index is 12.2. The highest BCUT2D eigenvalue weighted by atomic mass is 16.4. The quantitative estimate of drug-likeness (QED) is 0.854. The van der Waals surface area contributed by atoms with Crippen LogP contribution < -0.4 is 5.32 Å². The van der Waals surface area contributed by atoms with E-state index in [0.717, 1.165) is 28.5 Å². The second-order valence-electron chi connectivity index (χ2n) is 5.26. The van der Waals surface area contributed by atoms with Crippen molar-refractivity contribution >= 4 is 29.7 Å². The molecule has 3 rings (SSSR count). The smallest absolute Gasteiger partial charge is 0.328 e. The van der Waals surface area contributed by atoms with Crippen molar-refractivity contribution < 1.29 is 14.7 Å². The third kappa shape index (κ3) is 3.37. The number of carboxylic acid groups (broad SMARTS) is 1. The van der Waals surface area contributed by atoms with E-state index in [2.05, 4.69) is 5.32 Å². The summed E-state index contributed by atoms with van der Waals surface area (Å²) in [7, 11) is 0. The summed E-state index contributed by atoms with van der Waals surface area (Å²) in [4.78, 5) is 22.9. The number of amides is 1. The Hall–Kier alpha value is -3.14. The zero-order valence-corrected chi connectivity index (χ0v) is 12.3. The summed E-state index contributed by atoms with van der Waals surface area (Å²) in [5.74, 6) is -1.13. The van der Waals surface area contributed by atoms with Crippen molar-refractivity contribution in [3.05, 3.63) is 76.9 Å². The highest BCUT2D eigenvalue weighted by Crippen LogP contribution is 2.26. The molecule has 1 aliphatic heterocycles. The zero-order chi connectivity index (χ0) is 16.2. The molecule has 0 spiro atoms. The summed E-state index contributed by atoms with van der Waals surface area (Å²) in [6.45, 7) is 0. The number of hydrogen-bond donors (Lipinski definition) is 2. The number of carbonyl (C=O) groups is 2. The van der Waals surface area contributed by atoms with Gasteiger partial charge in [0.05, 0.1) is 0 Å². The Labute approximate surface area is 133 Å². The van der Waals surface area contributed by atoms with Crippen molar-refractivity contribution in [2.45, 2.75) is 6.42 Å². The lowest BCUT2D eigenvalue weighted by atomic mass is 9.95. The molecule has 1 aliphatic rings.